The molecule has 0 radical (unpaired) electrons. The quantitative estimate of drug-likeness (QED) is 0.747. The van der Waals surface area contributed by atoms with Gasteiger partial charge in [-0.15, -0.1) is 5.10 Å². The first kappa shape index (κ1) is 14.6. The lowest BCUT2D eigenvalue weighted by Crippen LogP contribution is -2.28. The number of carbonyl (C=O) groups excluding carboxylic acids is 1. The van der Waals surface area contributed by atoms with Gasteiger partial charge in [-0.2, -0.15) is 0 Å². The average Bonchev–Trinajstić information content (AvgIpc) is 3.09. The summed E-state index contributed by atoms with van der Waals surface area (Å²) >= 11 is 0. The van der Waals surface area contributed by atoms with E-state index < -0.39 is 0 Å². The van der Waals surface area contributed by atoms with Crippen LogP contribution in [0.25, 0.3) is 5.69 Å². The molecule has 0 saturated heterocycles. The molecule has 3 rings (SSSR count). The van der Waals surface area contributed by atoms with Crippen LogP contribution >= 0.6 is 0 Å². The summed E-state index contributed by atoms with van der Waals surface area (Å²) in [5.41, 5.74) is 7.62. The molecule has 0 spiro atoms. The van der Waals surface area contributed by atoms with Gasteiger partial charge in [0.05, 0.1) is 24.1 Å². The molecule has 8 heteroatoms. The van der Waals surface area contributed by atoms with E-state index in [0.717, 1.165) is 11.3 Å². The SMILES string of the molecule is CC(NC(=O)c1nccnc1N)c1ccc(-n2ccnn2)cc1. The lowest BCUT2D eigenvalue weighted by Gasteiger charge is -2.15. The molecule has 23 heavy (non-hydrogen) atoms. The molecule has 116 valence electrons. The van der Waals surface area contributed by atoms with E-state index in [1.807, 2.05) is 31.2 Å². The van der Waals surface area contributed by atoms with E-state index in [4.69, 9.17) is 5.73 Å². The maximum absolute atomic E-state index is 12.2. The van der Waals surface area contributed by atoms with Crippen LogP contribution in [0.3, 0.4) is 0 Å². The predicted octanol–water partition coefficient (Wildman–Crippen LogP) is 1.13. The molecule has 3 N–H and O–H groups in total. The zero-order chi connectivity index (χ0) is 16.2. The van der Waals surface area contributed by atoms with Crippen molar-refractivity contribution >= 4 is 11.7 Å². The predicted molar refractivity (Wildman–Crippen MR) is 83.7 cm³/mol. The van der Waals surface area contributed by atoms with Crippen LogP contribution < -0.4 is 11.1 Å². The molecule has 1 unspecified atom stereocenters. The first-order chi connectivity index (χ1) is 11.1. The molecule has 8 nitrogen and oxygen atoms in total. The third kappa shape index (κ3) is 3.15. The van der Waals surface area contributed by atoms with Crippen molar-refractivity contribution in [2.75, 3.05) is 5.73 Å². The van der Waals surface area contributed by atoms with Crippen molar-refractivity contribution in [3.05, 3.63) is 60.3 Å². The fourth-order valence-electron chi connectivity index (χ4n) is 2.13. The van der Waals surface area contributed by atoms with Gasteiger partial charge in [0, 0.05) is 12.4 Å². The van der Waals surface area contributed by atoms with Crippen LogP contribution in [-0.4, -0.2) is 30.9 Å². The highest BCUT2D eigenvalue weighted by Crippen LogP contribution is 2.16. The molecule has 0 fully saturated rings. The van der Waals surface area contributed by atoms with Gasteiger partial charge < -0.3 is 11.1 Å². The number of rotatable bonds is 4. The molecule has 1 aromatic carbocycles. The van der Waals surface area contributed by atoms with Crippen molar-refractivity contribution in [3.8, 4) is 5.69 Å². The Morgan fingerprint density at radius 1 is 1.17 bits per heavy atom. The Morgan fingerprint density at radius 2 is 1.91 bits per heavy atom. The van der Waals surface area contributed by atoms with E-state index in [-0.39, 0.29) is 23.5 Å². The van der Waals surface area contributed by atoms with E-state index in [0.29, 0.717) is 0 Å². The molecular formula is C15H15N7O. The largest absolute Gasteiger partial charge is 0.382 e. The molecule has 1 atom stereocenters. The van der Waals surface area contributed by atoms with E-state index in [2.05, 4.69) is 25.6 Å². The monoisotopic (exact) mass is 309 g/mol. The topological polar surface area (TPSA) is 112 Å². The Labute approximate surface area is 132 Å². The molecule has 0 saturated carbocycles. The maximum atomic E-state index is 12.2. The van der Waals surface area contributed by atoms with Crippen molar-refractivity contribution in [2.24, 2.45) is 0 Å². The third-order valence-corrected chi connectivity index (χ3v) is 3.37. The number of hydrogen-bond acceptors (Lipinski definition) is 6. The Hall–Kier alpha value is -3.29. The van der Waals surface area contributed by atoms with Crippen molar-refractivity contribution in [1.29, 1.82) is 0 Å². The second-order valence-corrected chi connectivity index (χ2v) is 4.92. The number of nitrogens with zero attached hydrogens (tertiary/aromatic N) is 5. The summed E-state index contributed by atoms with van der Waals surface area (Å²) in [4.78, 5) is 20.0. The highest BCUT2D eigenvalue weighted by molar-refractivity contribution is 5.96. The second-order valence-electron chi connectivity index (χ2n) is 4.92. The fourth-order valence-corrected chi connectivity index (χ4v) is 2.13. The number of anilines is 1. The fraction of sp³-hybridized carbons (Fsp3) is 0.133. The van der Waals surface area contributed by atoms with E-state index in [1.54, 1.807) is 17.1 Å². The number of carbonyl (C=O) groups is 1. The van der Waals surface area contributed by atoms with Gasteiger partial charge in [0.2, 0.25) is 0 Å². The van der Waals surface area contributed by atoms with Crippen LogP contribution in [0.1, 0.15) is 29.0 Å². The van der Waals surface area contributed by atoms with Crippen molar-refractivity contribution in [2.45, 2.75) is 13.0 Å². The number of nitrogens with one attached hydrogen (secondary N) is 1. The van der Waals surface area contributed by atoms with E-state index >= 15 is 0 Å². The smallest absolute Gasteiger partial charge is 0.274 e. The Kier molecular flexibility index (Phi) is 3.96. The number of hydrogen-bond donors (Lipinski definition) is 2. The van der Waals surface area contributed by atoms with Crippen LogP contribution in [0.2, 0.25) is 0 Å². The van der Waals surface area contributed by atoms with Crippen LogP contribution in [0, 0.1) is 0 Å². The summed E-state index contributed by atoms with van der Waals surface area (Å²) in [6.07, 6.45) is 6.25. The lowest BCUT2D eigenvalue weighted by molar-refractivity contribution is 0.0935. The maximum Gasteiger partial charge on any atom is 0.274 e. The number of nitrogen functional groups attached to an aromatic ring is 1. The number of amides is 1. The molecule has 0 bridgehead atoms. The molecule has 0 aliphatic carbocycles. The molecule has 0 aliphatic rings. The van der Waals surface area contributed by atoms with Crippen molar-refractivity contribution in [1.82, 2.24) is 30.3 Å². The average molecular weight is 309 g/mol. The summed E-state index contributed by atoms with van der Waals surface area (Å²) in [6, 6.07) is 7.45. The standard InChI is InChI=1S/C15H15N7O/c1-10(20-15(23)13-14(16)18-7-6-17-13)11-2-4-12(5-3-11)22-9-8-19-21-22/h2-10H,1H3,(H2,16,18)(H,20,23). The first-order valence-corrected chi connectivity index (χ1v) is 6.99. The second kappa shape index (κ2) is 6.22. The van der Waals surface area contributed by atoms with Gasteiger partial charge in [-0.1, -0.05) is 17.3 Å². The summed E-state index contributed by atoms with van der Waals surface area (Å²) < 4.78 is 1.66. The number of benzene rings is 1. The van der Waals surface area contributed by atoms with Crippen molar-refractivity contribution < 1.29 is 4.79 Å². The molecule has 1 amide bonds. The van der Waals surface area contributed by atoms with Gasteiger partial charge in [-0.25, -0.2) is 14.6 Å². The normalized spacial score (nSPS) is 11.9. The minimum absolute atomic E-state index is 0.110. The van der Waals surface area contributed by atoms with Crippen LogP contribution in [-0.2, 0) is 0 Å². The van der Waals surface area contributed by atoms with Gasteiger partial charge >= 0.3 is 0 Å². The van der Waals surface area contributed by atoms with Crippen LogP contribution in [0.4, 0.5) is 5.82 Å². The molecule has 3 aromatic rings. The van der Waals surface area contributed by atoms with E-state index in [9.17, 15) is 4.79 Å². The number of nitrogens with two attached hydrogens (primary N) is 1. The summed E-state index contributed by atoms with van der Waals surface area (Å²) in [5, 5.41) is 10.5. The van der Waals surface area contributed by atoms with Gasteiger partial charge in [0.1, 0.15) is 0 Å². The van der Waals surface area contributed by atoms with Gasteiger partial charge in [-0.05, 0) is 24.6 Å². The molecule has 2 aromatic heterocycles. The van der Waals surface area contributed by atoms with Gasteiger partial charge in [-0.3, -0.25) is 4.79 Å². The highest BCUT2D eigenvalue weighted by Gasteiger charge is 2.15. The van der Waals surface area contributed by atoms with E-state index in [1.165, 1.54) is 12.4 Å². The molecule has 0 aliphatic heterocycles. The van der Waals surface area contributed by atoms with Crippen molar-refractivity contribution in [3.63, 3.8) is 0 Å². The summed E-state index contributed by atoms with van der Waals surface area (Å²) in [7, 11) is 0. The van der Waals surface area contributed by atoms with Crippen LogP contribution in [0.15, 0.2) is 49.1 Å². The highest BCUT2D eigenvalue weighted by atomic mass is 16.2. The minimum Gasteiger partial charge on any atom is -0.382 e. The zero-order valence-corrected chi connectivity index (χ0v) is 12.4. The Morgan fingerprint density at radius 3 is 2.57 bits per heavy atom. The van der Waals surface area contributed by atoms with Crippen LogP contribution in [0.5, 0.6) is 0 Å². The zero-order valence-electron chi connectivity index (χ0n) is 12.4. The minimum atomic E-state index is -0.358. The first-order valence-electron chi connectivity index (χ1n) is 6.99. The Balaban J connectivity index is 1.72. The number of aromatic nitrogens is 5. The molecular weight excluding hydrogens is 294 g/mol. The lowest BCUT2D eigenvalue weighted by atomic mass is 10.1. The van der Waals surface area contributed by atoms with Gasteiger partial charge in [0.15, 0.2) is 11.5 Å². The summed E-state index contributed by atoms with van der Waals surface area (Å²) in [6.45, 7) is 1.88. The summed E-state index contributed by atoms with van der Waals surface area (Å²) in [5.74, 6) is -0.248. The molecule has 2 heterocycles. The van der Waals surface area contributed by atoms with Gasteiger partial charge in [0.25, 0.3) is 5.91 Å². The Bertz CT molecular complexity index is 799. The third-order valence-electron chi connectivity index (χ3n) is 3.37.